The average molecular weight is 528 g/mol. The highest BCUT2D eigenvalue weighted by Gasteiger charge is 2.24. The fraction of sp³-hybridized carbons (Fsp3) is 0.758. The van der Waals surface area contributed by atoms with Crippen LogP contribution in [0.5, 0.6) is 0 Å². The maximum Gasteiger partial charge on any atom is 0.224 e. The van der Waals surface area contributed by atoms with Crippen LogP contribution in [-0.4, -0.2) is 42.9 Å². The maximum atomic E-state index is 12.7. The molecule has 0 radical (unpaired) electrons. The Balaban J connectivity index is 1.59. The van der Waals surface area contributed by atoms with Crippen molar-refractivity contribution in [2.75, 3.05) is 36.4 Å². The van der Waals surface area contributed by atoms with Gasteiger partial charge < -0.3 is 15.1 Å². The van der Waals surface area contributed by atoms with Crippen LogP contribution in [-0.2, 0) is 9.59 Å². The van der Waals surface area contributed by atoms with Crippen molar-refractivity contribution in [2.45, 2.75) is 125 Å². The van der Waals surface area contributed by atoms with Crippen molar-refractivity contribution in [3.05, 3.63) is 24.3 Å². The van der Waals surface area contributed by atoms with Crippen LogP contribution >= 0.6 is 0 Å². The predicted molar refractivity (Wildman–Crippen MR) is 163 cm³/mol. The molecule has 1 aromatic carbocycles. The standard InChI is InChI=1S/C33H57N3O2/c1-6-7-8-9-10-11-12-13-14-15-16-17-31(37)34-29-18-20-30(21-19-29)35-22-24-36(25-23-35)32(38)26-28(2)27-33(3,4)5/h18-21,28H,6-17,22-27H2,1-5H3,(H,34,37)/t28-/m1/s1. The van der Waals surface area contributed by atoms with Gasteiger partial charge in [-0.3, -0.25) is 9.59 Å². The van der Waals surface area contributed by atoms with Crippen molar-refractivity contribution in [3.63, 3.8) is 0 Å². The lowest BCUT2D eigenvalue weighted by Crippen LogP contribution is -2.49. The topological polar surface area (TPSA) is 52.7 Å². The van der Waals surface area contributed by atoms with Gasteiger partial charge in [-0.05, 0) is 48.4 Å². The zero-order valence-electron chi connectivity index (χ0n) is 25.3. The monoisotopic (exact) mass is 527 g/mol. The Hall–Kier alpha value is -2.04. The summed E-state index contributed by atoms with van der Waals surface area (Å²) in [6, 6.07) is 8.17. The lowest BCUT2D eigenvalue weighted by Gasteiger charge is -2.37. The Bertz CT molecular complexity index is 791. The van der Waals surface area contributed by atoms with E-state index in [1.807, 2.05) is 17.0 Å². The summed E-state index contributed by atoms with van der Waals surface area (Å²) in [4.78, 5) is 29.5. The molecule has 0 unspecified atom stereocenters. The van der Waals surface area contributed by atoms with Crippen LogP contribution in [0, 0.1) is 11.3 Å². The number of carbonyl (C=O) groups excluding carboxylic acids is 2. The second kappa shape index (κ2) is 17.5. The molecule has 38 heavy (non-hydrogen) atoms. The molecule has 1 aliphatic rings. The minimum absolute atomic E-state index is 0.112. The first-order chi connectivity index (χ1) is 18.2. The van der Waals surface area contributed by atoms with Crippen molar-refractivity contribution in [2.24, 2.45) is 11.3 Å². The van der Waals surface area contributed by atoms with Gasteiger partial charge in [0.15, 0.2) is 0 Å². The highest BCUT2D eigenvalue weighted by atomic mass is 16.2. The van der Waals surface area contributed by atoms with E-state index < -0.39 is 0 Å². The highest BCUT2D eigenvalue weighted by Crippen LogP contribution is 2.27. The molecule has 1 aliphatic heterocycles. The molecular formula is C33H57N3O2. The molecule has 0 saturated carbocycles. The number of hydrogen-bond acceptors (Lipinski definition) is 3. The van der Waals surface area contributed by atoms with Gasteiger partial charge in [-0.2, -0.15) is 0 Å². The second-order valence-electron chi connectivity index (χ2n) is 12.8. The molecule has 0 aromatic heterocycles. The summed E-state index contributed by atoms with van der Waals surface area (Å²) >= 11 is 0. The Labute approximate surface area is 234 Å². The minimum Gasteiger partial charge on any atom is -0.368 e. The molecular weight excluding hydrogens is 470 g/mol. The third kappa shape index (κ3) is 13.7. The van der Waals surface area contributed by atoms with E-state index in [9.17, 15) is 9.59 Å². The summed E-state index contributed by atoms with van der Waals surface area (Å²) in [7, 11) is 0. The number of nitrogens with one attached hydrogen (secondary N) is 1. The van der Waals surface area contributed by atoms with Gasteiger partial charge in [-0.1, -0.05) is 98.8 Å². The summed E-state index contributed by atoms with van der Waals surface area (Å²) < 4.78 is 0. The first-order valence-corrected chi connectivity index (χ1v) is 15.6. The van der Waals surface area contributed by atoms with Crippen LogP contribution in [0.15, 0.2) is 24.3 Å². The third-order valence-electron chi connectivity index (χ3n) is 7.64. The van der Waals surface area contributed by atoms with Crippen LogP contribution in [0.25, 0.3) is 0 Å². The molecule has 1 fully saturated rings. The summed E-state index contributed by atoms with van der Waals surface area (Å²) in [5.74, 6) is 0.817. The third-order valence-corrected chi connectivity index (χ3v) is 7.64. The van der Waals surface area contributed by atoms with Crippen LogP contribution in [0.4, 0.5) is 11.4 Å². The molecule has 216 valence electrons. The van der Waals surface area contributed by atoms with Crippen molar-refractivity contribution in [1.82, 2.24) is 4.90 Å². The number of amides is 2. The highest BCUT2D eigenvalue weighted by molar-refractivity contribution is 5.90. The van der Waals surface area contributed by atoms with E-state index in [2.05, 4.69) is 57.0 Å². The van der Waals surface area contributed by atoms with Crippen LogP contribution < -0.4 is 10.2 Å². The van der Waals surface area contributed by atoms with E-state index >= 15 is 0 Å². The van der Waals surface area contributed by atoms with E-state index in [1.54, 1.807) is 0 Å². The molecule has 1 heterocycles. The molecule has 5 nitrogen and oxygen atoms in total. The van der Waals surface area contributed by atoms with Crippen molar-refractivity contribution >= 4 is 23.2 Å². The van der Waals surface area contributed by atoms with Gasteiger partial charge in [-0.15, -0.1) is 0 Å². The summed E-state index contributed by atoms with van der Waals surface area (Å²) in [5, 5.41) is 3.05. The first-order valence-electron chi connectivity index (χ1n) is 15.6. The lowest BCUT2D eigenvalue weighted by atomic mass is 9.84. The Kier molecular flexibility index (Phi) is 14.8. The second-order valence-corrected chi connectivity index (χ2v) is 12.8. The molecule has 0 spiro atoms. The van der Waals surface area contributed by atoms with Crippen molar-refractivity contribution in [1.29, 1.82) is 0 Å². The number of anilines is 2. The first kappa shape index (κ1) is 32.2. The van der Waals surface area contributed by atoms with E-state index in [0.717, 1.165) is 56.8 Å². The number of hydrogen-bond donors (Lipinski definition) is 1. The van der Waals surface area contributed by atoms with E-state index in [0.29, 0.717) is 18.8 Å². The number of benzene rings is 1. The number of rotatable bonds is 17. The normalized spacial score (nSPS) is 15.0. The molecule has 1 N–H and O–H groups in total. The molecule has 2 rings (SSSR count). The lowest BCUT2D eigenvalue weighted by molar-refractivity contribution is -0.132. The largest absolute Gasteiger partial charge is 0.368 e. The zero-order chi connectivity index (χ0) is 27.8. The van der Waals surface area contributed by atoms with Crippen LogP contribution in [0.1, 0.15) is 125 Å². The molecule has 1 aromatic rings. The van der Waals surface area contributed by atoms with E-state index in [-0.39, 0.29) is 17.2 Å². The van der Waals surface area contributed by atoms with Gasteiger partial charge in [0.25, 0.3) is 0 Å². The molecule has 0 aliphatic carbocycles. The van der Waals surface area contributed by atoms with E-state index in [1.165, 1.54) is 57.8 Å². The Morgan fingerprint density at radius 2 is 1.34 bits per heavy atom. The zero-order valence-corrected chi connectivity index (χ0v) is 25.3. The molecule has 2 amide bonds. The SMILES string of the molecule is CCCCCCCCCCCCCC(=O)Nc1ccc(N2CCN(C(=O)C[C@@H](C)CC(C)(C)C)CC2)cc1. The molecule has 0 bridgehead atoms. The van der Waals surface area contributed by atoms with Crippen molar-refractivity contribution < 1.29 is 9.59 Å². The summed E-state index contributed by atoms with van der Waals surface area (Å²) in [6.07, 6.45) is 16.5. The molecule has 5 heteroatoms. The molecule has 1 atom stereocenters. The number of nitrogens with zero attached hydrogens (tertiary/aromatic N) is 2. The Morgan fingerprint density at radius 3 is 1.87 bits per heavy atom. The smallest absolute Gasteiger partial charge is 0.224 e. The maximum absolute atomic E-state index is 12.7. The number of unbranched alkanes of at least 4 members (excludes halogenated alkanes) is 10. The van der Waals surface area contributed by atoms with Gasteiger partial charge in [0.1, 0.15) is 0 Å². The fourth-order valence-corrected chi connectivity index (χ4v) is 5.69. The molecule has 1 saturated heterocycles. The summed E-state index contributed by atoms with van der Waals surface area (Å²) in [5.41, 5.74) is 2.28. The number of piperazine rings is 1. The van der Waals surface area contributed by atoms with Gasteiger partial charge in [0, 0.05) is 50.4 Å². The van der Waals surface area contributed by atoms with Gasteiger partial charge in [0.05, 0.1) is 0 Å². The van der Waals surface area contributed by atoms with Crippen LogP contribution in [0.3, 0.4) is 0 Å². The Morgan fingerprint density at radius 1 is 0.816 bits per heavy atom. The van der Waals surface area contributed by atoms with E-state index in [4.69, 9.17) is 0 Å². The van der Waals surface area contributed by atoms with Gasteiger partial charge >= 0.3 is 0 Å². The van der Waals surface area contributed by atoms with Crippen molar-refractivity contribution in [3.8, 4) is 0 Å². The fourth-order valence-electron chi connectivity index (χ4n) is 5.69. The predicted octanol–water partition coefficient (Wildman–Crippen LogP) is 8.44. The average Bonchev–Trinajstić information content (AvgIpc) is 2.86. The summed E-state index contributed by atoms with van der Waals surface area (Å²) in [6.45, 7) is 14.4. The number of carbonyl (C=O) groups is 2. The quantitative estimate of drug-likeness (QED) is 0.207. The van der Waals surface area contributed by atoms with Gasteiger partial charge in [-0.25, -0.2) is 0 Å². The van der Waals surface area contributed by atoms with Gasteiger partial charge in [0.2, 0.25) is 11.8 Å². The van der Waals surface area contributed by atoms with Crippen LogP contribution in [0.2, 0.25) is 0 Å². The minimum atomic E-state index is 0.112.